The molecule has 1 fully saturated rings. The maximum Gasteiger partial charge on any atom is 0.472 e. The van der Waals surface area contributed by atoms with Gasteiger partial charge in [-0.05, 0) is 70.6 Å². The van der Waals surface area contributed by atoms with Crippen molar-refractivity contribution >= 4 is 19.8 Å². The summed E-state index contributed by atoms with van der Waals surface area (Å²) in [4.78, 5) is 36.5. The van der Waals surface area contributed by atoms with Crippen molar-refractivity contribution in [1.82, 2.24) is 0 Å². The molecule has 13 atom stereocenters. The second-order valence-corrected chi connectivity index (χ2v) is 18.5. The van der Waals surface area contributed by atoms with Crippen LogP contribution in [-0.2, 0) is 37.4 Å². The monoisotopic (exact) mass is 973 g/mol. The van der Waals surface area contributed by atoms with Gasteiger partial charge in [0, 0.05) is 25.2 Å². The van der Waals surface area contributed by atoms with E-state index in [4.69, 9.17) is 23.3 Å². The van der Waals surface area contributed by atoms with E-state index in [-0.39, 0.29) is 19.3 Å². The van der Waals surface area contributed by atoms with Crippen molar-refractivity contribution in [2.75, 3.05) is 13.2 Å². The smallest absolute Gasteiger partial charge is 0.462 e. The number of unbranched alkanes of at least 4 members (excludes halogenated alkanes) is 6. The summed E-state index contributed by atoms with van der Waals surface area (Å²) in [5, 5.41) is 89.4. The van der Waals surface area contributed by atoms with E-state index in [1.165, 1.54) is 6.08 Å². The molecule has 384 valence electrons. The molecule has 2 unspecified atom stereocenters. The van der Waals surface area contributed by atoms with Crippen LogP contribution in [0, 0.1) is 5.92 Å². The lowest BCUT2D eigenvalue weighted by molar-refractivity contribution is -0.213. The molecule has 2 aliphatic heterocycles. The van der Waals surface area contributed by atoms with Crippen LogP contribution in [-0.4, -0.2) is 138 Å². The number of ether oxygens (including phenoxy) is 3. The number of carbonyl (C=O) groups excluding carboxylic acids is 2. The summed E-state index contributed by atoms with van der Waals surface area (Å²) < 4.78 is 40.3. The number of rotatable bonds is 21. The van der Waals surface area contributed by atoms with E-state index in [2.05, 4.69) is 55.5 Å². The van der Waals surface area contributed by atoms with Gasteiger partial charge < -0.3 is 60.0 Å². The van der Waals surface area contributed by atoms with Gasteiger partial charge in [0.05, 0.1) is 24.9 Å². The molecule has 0 spiro atoms. The minimum atomic E-state index is -5.49. The number of hydrogen-bond acceptors (Lipinski definition) is 16. The van der Waals surface area contributed by atoms with Crippen LogP contribution < -0.4 is 0 Å². The SMILES string of the molecule is CC/C=C\C/C=C\C/C=C\C/C=C\CCCCCCC(=O)O[C@@H]1COC(=O)CCCC=CC[C@@H]2[C@@H](O)[C@H](O)[C@@H](O)[C@H](OP(=O)(O)OC1)[C@H](O)[C@H](O)[C@@H](C=C[C@@H](O)CCCCC)OC(O)C[C@@H]2O. The fourth-order valence-electron chi connectivity index (χ4n) is 7.38. The van der Waals surface area contributed by atoms with Crippen molar-refractivity contribution in [3.8, 4) is 0 Å². The molecule has 18 heteroatoms. The van der Waals surface area contributed by atoms with E-state index in [1.807, 2.05) is 6.92 Å². The molecular formula is C49H81O17P. The van der Waals surface area contributed by atoms with Gasteiger partial charge in [-0.2, -0.15) is 0 Å². The number of aliphatic hydroxyl groups excluding tert-OH is 8. The molecule has 67 heavy (non-hydrogen) atoms. The van der Waals surface area contributed by atoms with Crippen LogP contribution in [0.3, 0.4) is 0 Å². The minimum absolute atomic E-state index is 0.00948. The molecule has 17 nitrogen and oxygen atoms in total. The summed E-state index contributed by atoms with van der Waals surface area (Å²) in [6.07, 6.45) is 11.4. The minimum Gasteiger partial charge on any atom is -0.462 e. The first-order valence-electron chi connectivity index (χ1n) is 24.1. The Labute approximate surface area is 397 Å². The average molecular weight is 973 g/mol. The van der Waals surface area contributed by atoms with Crippen LogP contribution in [0.1, 0.15) is 136 Å². The topological polar surface area (TPSA) is 279 Å². The highest BCUT2D eigenvalue weighted by Crippen LogP contribution is 2.47. The molecule has 0 aromatic carbocycles. The first-order valence-corrected chi connectivity index (χ1v) is 25.6. The highest BCUT2D eigenvalue weighted by Gasteiger charge is 2.48. The number of fused-ring (bicyclic) bond motifs is 4. The van der Waals surface area contributed by atoms with E-state index in [9.17, 15) is 59.9 Å². The van der Waals surface area contributed by atoms with E-state index in [1.54, 1.807) is 12.2 Å². The zero-order valence-electron chi connectivity index (χ0n) is 39.4. The van der Waals surface area contributed by atoms with E-state index >= 15 is 0 Å². The highest BCUT2D eigenvalue weighted by molar-refractivity contribution is 7.47. The van der Waals surface area contributed by atoms with Gasteiger partial charge in [-0.25, -0.2) is 4.57 Å². The summed E-state index contributed by atoms with van der Waals surface area (Å²) in [6.45, 7) is 2.64. The Kier molecular flexibility index (Phi) is 31.7. The standard InChI is InChI=1S/C49H81O17P/c1-3-5-7-8-9-10-11-12-13-14-15-16-17-18-19-20-26-30-42(53)64-37-34-62-41(52)29-25-22-21-24-28-38-39(51)33-43(54)65-40(32-31-36(50)27-23-6-4-2)45(56)47(58)49(48(59)46(57)44(38)55)66-67(60,61)63-35-37/h5,7,9-10,12-13,15-16,21,24,31-32,36-40,43-51,54-59H,3-4,6,8,11,14,17-20,22-23,25-30,33-35H2,1-2H3,(H,60,61)/b7-5-,10-9-,13-12-,16-15-,24-21?,32-31?/t36-,37+,38-,39-,40+,43?,44+,45+,46-,47+,48+,49+/m0/s1. The number of carbonyl (C=O) groups is 2. The van der Waals surface area contributed by atoms with Crippen LogP contribution in [0.2, 0.25) is 0 Å². The highest BCUT2D eigenvalue weighted by atomic mass is 31.2. The predicted octanol–water partition coefficient (Wildman–Crippen LogP) is 5.61. The lowest BCUT2D eigenvalue weighted by atomic mass is 9.83. The summed E-state index contributed by atoms with van der Waals surface area (Å²) in [5.41, 5.74) is 0. The van der Waals surface area contributed by atoms with Crippen molar-refractivity contribution in [2.45, 2.75) is 203 Å². The summed E-state index contributed by atoms with van der Waals surface area (Å²) >= 11 is 0. The van der Waals surface area contributed by atoms with Gasteiger partial charge in [0.2, 0.25) is 0 Å². The van der Waals surface area contributed by atoms with Crippen molar-refractivity contribution in [1.29, 1.82) is 0 Å². The Hall–Kier alpha value is -2.87. The van der Waals surface area contributed by atoms with Crippen LogP contribution in [0.4, 0.5) is 0 Å². The van der Waals surface area contributed by atoms with E-state index in [0.29, 0.717) is 32.1 Å². The second kappa shape index (κ2) is 35.3. The molecule has 2 heterocycles. The van der Waals surface area contributed by atoms with Crippen molar-refractivity contribution in [3.63, 3.8) is 0 Å². The Bertz CT molecular complexity index is 1580. The van der Waals surface area contributed by atoms with Gasteiger partial charge in [-0.3, -0.25) is 18.6 Å². The Morgan fingerprint density at radius 1 is 0.806 bits per heavy atom. The van der Waals surface area contributed by atoms with Crippen LogP contribution >= 0.6 is 7.82 Å². The molecule has 0 radical (unpaired) electrons. The molecule has 2 aliphatic rings. The molecule has 0 aromatic rings. The summed E-state index contributed by atoms with van der Waals surface area (Å²) in [7, 11) is -5.49. The molecule has 2 rings (SSSR count). The molecule has 0 saturated carbocycles. The lowest BCUT2D eigenvalue weighted by Crippen LogP contribution is -2.58. The van der Waals surface area contributed by atoms with Gasteiger partial charge in [0.1, 0.15) is 43.2 Å². The number of phosphoric ester groups is 1. The normalized spacial score (nSPS) is 32.1. The van der Waals surface area contributed by atoms with Crippen LogP contribution in [0.15, 0.2) is 72.9 Å². The third-order valence-corrected chi connectivity index (χ3v) is 12.3. The zero-order chi connectivity index (χ0) is 49.5. The maximum absolute atomic E-state index is 13.6. The van der Waals surface area contributed by atoms with Crippen molar-refractivity contribution < 1.29 is 83.2 Å². The molecular weight excluding hydrogens is 891 g/mol. The number of esters is 2. The number of phosphoric acid groups is 1. The fourth-order valence-corrected chi connectivity index (χ4v) is 8.36. The van der Waals surface area contributed by atoms with Gasteiger partial charge >= 0.3 is 19.8 Å². The number of hydrogen-bond donors (Lipinski definition) is 9. The molecule has 2 bridgehead atoms. The molecule has 0 aliphatic carbocycles. The summed E-state index contributed by atoms with van der Waals surface area (Å²) in [6, 6.07) is 0. The molecule has 0 aromatic heterocycles. The van der Waals surface area contributed by atoms with Crippen LogP contribution in [0.25, 0.3) is 0 Å². The predicted molar refractivity (Wildman–Crippen MR) is 252 cm³/mol. The van der Waals surface area contributed by atoms with Gasteiger partial charge in [0.25, 0.3) is 0 Å². The maximum atomic E-state index is 13.6. The Balaban J connectivity index is 2.19. The second-order valence-electron chi connectivity index (χ2n) is 17.1. The van der Waals surface area contributed by atoms with Gasteiger partial charge in [-0.15, -0.1) is 0 Å². The van der Waals surface area contributed by atoms with Gasteiger partial charge in [-0.1, -0.05) is 119 Å². The average Bonchev–Trinajstić information content (AvgIpc) is 3.29. The van der Waals surface area contributed by atoms with E-state index in [0.717, 1.165) is 70.3 Å². The Morgan fingerprint density at radius 3 is 2.15 bits per heavy atom. The first kappa shape index (κ1) is 60.3. The third-order valence-electron chi connectivity index (χ3n) is 11.3. The number of aliphatic hydroxyl groups is 8. The zero-order valence-corrected chi connectivity index (χ0v) is 40.3. The van der Waals surface area contributed by atoms with Crippen LogP contribution in [0.5, 0.6) is 0 Å². The third kappa shape index (κ3) is 26.1. The summed E-state index contributed by atoms with van der Waals surface area (Å²) in [5.74, 6) is -2.67. The van der Waals surface area contributed by atoms with Gasteiger partial charge in [0.15, 0.2) is 12.4 Å². The number of cyclic esters (lactones) is 1. The van der Waals surface area contributed by atoms with Crippen molar-refractivity contribution in [2.24, 2.45) is 5.92 Å². The quantitative estimate of drug-likeness (QED) is 0.0293. The first-order chi connectivity index (χ1) is 32.1. The molecule has 1 saturated heterocycles. The molecule has 9 N–H and O–H groups in total. The lowest BCUT2D eigenvalue weighted by Gasteiger charge is -2.39. The number of allylic oxidation sites excluding steroid dienone is 10. The van der Waals surface area contributed by atoms with E-state index < -0.39 is 113 Å². The Morgan fingerprint density at radius 2 is 1.46 bits per heavy atom. The fraction of sp³-hybridized carbons (Fsp3) is 0.714. The molecule has 0 amide bonds. The largest absolute Gasteiger partial charge is 0.472 e. The van der Waals surface area contributed by atoms with Crippen molar-refractivity contribution in [3.05, 3.63) is 72.9 Å².